The van der Waals surface area contributed by atoms with Crippen LogP contribution in [0.3, 0.4) is 0 Å². The molecule has 0 unspecified atom stereocenters. The maximum Gasteiger partial charge on any atom is -0.0256 e. The van der Waals surface area contributed by atoms with Crippen LogP contribution < -0.4 is 0 Å². The summed E-state index contributed by atoms with van der Waals surface area (Å²) in [6, 6.07) is 10.2. The van der Waals surface area contributed by atoms with Gasteiger partial charge in [-0.05, 0) is 18.1 Å². The number of benzene rings is 1. The van der Waals surface area contributed by atoms with Crippen molar-refractivity contribution in [1.82, 2.24) is 0 Å². The van der Waals surface area contributed by atoms with Crippen LogP contribution in [0.2, 0.25) is 0 Å². The molecule has 0 spiro atoms. The van der Waals surface area contributed by atoms with E-state index >= 15 is 0 Å². The Balaban J connectivity index is 0.000000921. The third kappa shape index (κ3) is 5.48. The third-order valence-electron chi connectivity index (χ3n) is 1.84. The van der Waals surface area contributed by atoms with Crippen molar-refractivity contribution in [3.63, 3.8) is 0 Å². The number of allylic oxidation sites excluding steroid dienone is 4. The van der Waals surface area contributed by atoms with Gasteiger partial charge in [0.1, 0.15) is 0 Å². The molecule has 0 heterocycles. The van der Waals surface area contributed by atoms with Gasteiger partial charge in [0.05, 0.1) is 0 Å². The van der Waals surface area contributed by atoms with Crippen LogP contribution in [0.4, 0.5) is 0 Å². The first-order valence-corrected chi connectivity index (χ1v) is 4.88. The topological polar surface area (TPSA) is 0 Å². The molecule has 0 fully saturated rings. The van der Waals surface area contributed by atoms with Crippen molar-refractivity contribution in [2.75, 3.05) is 0 Å². The molecule has 0 saturated heterocycles. The van der Waals surface area contributed by atoms with Gasteiger partial charge in [0.25, 0.3) is 0 Å². The first-order chi connectivity index (χ1) is 7.36. The number of hydrogen-bond donors (Lipinski definition) is 0. The quantitative estimate of drug-likeness (QED) is 0.490. The molecular weight excluding hydrogens is 180 g/mol. The van der Waals surface area contributed by atoms with E-state index in [9.17, 15) is 0 Å². The molecule has 1 aromatic carbocycles. The monoisotopic (exact) mass is 198 g/mol. The van der Waals surface area contributed by atoms with Crippen LogP contribution in [0.1, 0.15) is 12.5 Å². The fourth-order valence-corrected chi connectivity index (χ4v) is 1.04. The van der Waals surface area contributed by atoms with Gasteiger partial charge in [-0.25, -0.2) is 0 Å². The molecule has 0 radical (unpaired) electrons. The Morgan fingerprint density at radius 3 is 2.20 bits per heavy atom. The molecular formula is C15H18. The smallest absolute Gasteiger partial charge is 0.0256 e. The highest BCUT2D eigenvalue weighted by Crippen LogP contribution is 2.05. The van der Waals surface area contributed by atoms with Crippen LogP contribution in [-0.4, -0.2) is 0 Å². The summed E-state index contributed by atoms with van der Waals surface area (Å²) in [6.45, 7) is 11.7. The summed E-state index contributed by atoms with van der Waals surface area (Å²) < 4.78 is 0. The van der Waals surface area contributed by atoms with E-state index in [1.165, 1.54) is 5.56 Å². The summed E-state index contributed by atoms with van der Waals surface area (Å²) in [7, 11) is 0. The highest BCUT2D eigenvalue weighted by atomic mass is 13.9. The van der Waals surface area contributed by atoms with Crippen molar-refractivity contribution in [2.45, 2.75) is 6.92 Å². The van der Waals surface area contributed by atoms with E-state index in [1.54, 1.807) is 0 Å². The molecule has 78 valence electrons. The van der Waals surface area contributed by atoms with Crippen LogP contribution in [-0.2, 0) is 0 Å². The number of rotatable bonds is 3. The molecule has 0 aliphatic rings. The van der Waals surface area contributed by atoms with Gasteiger partial charge in [0.2, 0.25) is 0 Å². The van der Waals surface area contributed by atoms with Crippen molar-refractivity contribution in [3.05, 3.63) is 79.4 Å². The molecule has 0 aromatic heterocycles. The minimum atomic E-state index is 1.14. The van der Waals surface area contributed by atoms with E-state index in [2.05, 4.69) is 44.0 Å². The Labute approximate surface area is 93.0 Å². The SMILES string of the molecule is C=C.C=CC(/C=C/c1ccccc1)=C\C. The summed E-state index contributed by atoms with van der Waals surface area (Å²) in [5, 5.41) is 0. The average Bonchev–Trinajstić information content (AvgIpc) is 2.34. The number of hydrogen-bond acceptors (Lipinski definition) is 0. The molecule has 0 nitrogen and oxygen atoms in total. The maximum atomic E-state index is 3.72. The Kier molecular flexibility index (Phi) is 7.70. The predicted octanol–water partition coefficient (Wildman–Crippen LogP) is 4.63. The van der Waals surface area contributed by atoms with Crippen molar-refractivity contribution in [3.8, 4) is 0 Å². The van der Waals surface area contributed by atoms with Gasteiger partial charge in [-0.2, -0.15) is 0 Å². The van der Waals surface area contributed by atoms with Crippen LogP contribution in [0.25, 0.3) is 6.08 Å². The van der Waals surface area contributed by atoms with E-state index in [0.29, 0.717) is 0 Å². The molecule has 15 heavy (non-hydrogen) atoms. The van der Waals surface area contributed by atoms with Gasteiger partial charge < -0.3 is 0 Å². The Hall–Kier alpha value is -1.82. The predicted molar refractivity (Wildman–Crippen MR) is 70.7 cm³/mol. The van der Waals surface area contributed by atoms with E-state index in [-0.39, 0.29) is 0 Å². The molecule has 0 atom stereocenters. The minimum Gasteiger partial charge on any atom is -0.106 e. The second-order valence-electron chi connectivity index (χ2n) is 2.74. The van der Waals surface area contributed by atoms with E-state index in [0.717, 1.165) is 5.57 Å². The fraction of sp³-hybridized carbons (Fsp3) is 0.0667. The highest BCUT2D eigenvalue weighted by molar-refractivity contribution is 5.54. The molecule has 1 rings (SSSR count). The zero-order chi connectivity index (χ0) is 11.5. The summed E-state index contributed by atoms with van der Waals surface area (Å²) >= 11 is 0. The Morgan fingerprint density at radius 2 is 1.73 bits per heavy atom. The standard InChI is InChI=1S/C13H14.C2H4/c1-3-12(4-2)10-11-13-8-6-5-7-9-13;1-2/h3-11H,1H2,2H3;1-2H2/b11-10+,12-4+;. The second-order valence-corrected chi connectivity index (χ2v) is 2.74. The molecule has 1 aromatic rings. The van der Waals surface area contributed by atoms with E-state index in [1.807, 2.05) is 37.3 Å². The van der Waals surface area contributed by atoms with E-state index < -0.39 is 0 Å². The van der Waals surface area contributed by atoms with Gasteiger partial charge in [-0.1, -0.05) is 61.2 Å². The third-order valence-corrected chi connectivity index (χ3v) is 1.84. The van der Waals surface area contributed by atoms with Gasteiger partial charge in [-0.15, -0.1) is 13.2 Å². The highest BCUT2D eigenvalue weighted by Gasteiger charge is 1.83. The van der Waals surface area contributed by atoms with Crippen LogP contribution in [0.5, 0.6) is 0 Å². The summed E-state index contributed by atoms with van der Waals surface area (Å²) in [5.74, 6) is 0. The Bertz CT molecular complexity index is 328. The lowest BCUT2D eigenvalue weighted by atomic mass is 10.1. The van der Waals surface area contributed by atoms with E-state index in [4.69, 9.17) is 0 Å². The van der Waals surface area contributed by atoms with Crippen molar-refractivity contribution in [2.24, 2.45) is 0 Å². The zero-order valence-corrected chi connectivity index (χ0v) is 9.32. The maximum absolute atomic E-state index is 3.72. The molecule has 0 bridgehead atoms. The van der Waals surface area contributed by atoms with Gasteiger partial charge in [0.15, 0.2) is 0 Å². The lowest BCUT2D eigenvalue weighted by Crippen LogP contribution is -1.70. The summed E-state index contributed by atoms with van der Waals surface area (Å²) in [5.41, 5.74) is 2.35. The molecule has 0 aliphatic heterocycles. The minimum absolute atomic E-state index is 1.14. The van der Waals surface area contributed by atoms with Crippen LogP contribution in [0.15, 0.2) is 73.9 Å². The van der Waals surface area contributed by atoms with Gasteiger partial charge in [0, 0.05) is 0 Å². The molecule has 0 N–H and O–H groups in total. The zero-order valence-electron chi connectivity index (χ0n) is 9.32. The van der Waals surface area contributed by atoms with Crippen LogP contribution >= 0.6 is 0 Å². The average molecular weight is 198 g/mol. The molecule has 0 aliphatic carbocycles. The summed E-state index contributed by atoms with van der Waals surface area (Å²) in [4.78, 5) is 0. The van der Waals surface area contributed by atoms with Crippen molar-refractivity contribution < 1.29 is 0 Å². The summed E-state index contributed by atoms with van der Waals surface area (Å²) in [6.07, 6.45) is 8.02. The molecule has 0 heteroatoms. The van der Waals surface area contributed by atoms with Crippen LogP contribution in [0, 0.1) is 0 Å². The normalized spacial score (nSPS) is 10.6. The fourth-order valence-electron chi connectivity index (χ4n) is 1.04. The second kappa shape index (κ2) is 8.76. The lowest BCUT2D eigenvalue weighted by molar-refractivity contribution is 1.61. The largest absolute Gasteiger partial charge is 0.106 e. The van der Waals surface area contributed by atoms with Gasteiger partial charge >= 0.3 is 0 Å². The lowest BCUT2D eigenvalue weighted by Gasteiger charge is -1.92. The molecule has 0 saturated carbocycles. The van der Waals surface area contributed by atoms with Gasteiger partial charge in [-0.3, -0.25) is 0 Å². The van der Waals surface area contributed by atoms with Crippen molar-refractivity contribution >= 4 is 6.08 Å². The Morgan fingerprint density at radius 1 is 1.13 bits per heavy atom. The first-order valence-electron chi connectivity index (χ1n) is 4.88. The first kappa shape index (κ1) is 13.2. The van der Waals surface area contributed by atoms with Crippen molar-refractivity contribution in [1.29, 1.82) is 0 Å². The molecule has 0 amide bonds.